The molecule has 3 aromatic carbocycles. The number of aryl methyl sites for hydroxylation is 1. The maximum absolute atomic E-state index is 12.6. The SMILES string of the molecule is Cc1cc(C(=O)Nc2ccccc2NS(=O)(=O)c2ccccc2)ccc1[N+](=O)[O-]. The molecule has 0 bridgehead atoms. The topological polar surface area (TPSA) is 118 Å². The van der Waals surface area contributed by atoms with Crippen LogP contribution in [0.4, 0.5) is 17.1 Å². The second-order valence-electron chi connectivity index (χ2n) is 6.18. The van der Waals surface area contributed by atoms with Crippen molar-refractivity contribution in [3.63, 3.8) is 0 Å². The van der Waals surface area contributed by atoms with Crippen LogP contribution in [-0.4, -0.2) is 19.2 Å². The molecule has 0 atom stereocenters. The maximum Gasteiger partial charge on any atom is 0.272 e. The molecular weight excluding hydrogens is 394 g/mol. The van der Waals surface area contributed by atoms with E-state index in [2.05, 4.69) is 10.0 Å². The predicted octanol–water partition coefficient (Wildman–Crippen LogP) is 3.96. The smallest absolute Gasteiger partial charge is 0.272 e. The highest BCUT2D eigenvalue weighted by Crippen LogP contribution is 2.26. The van der Waals surface area contributed by atoms with Crippen LogP contribution >= 0.6 is 0 Å². The van der Waals surface area contributed by atoms with Crippen LogP contribution in [0.3, 0.4) is 0 Å². The third kappa shape index (κ3) is 4.58. The second kappa shape index (κ2) is 8.11. The number of amides is 1. The van der Waals surface area contributed by atoms with Crippen molar-refractivity contribution in [3.8, 4) is 0 Å². The number of hydrogen-bond acceptors (Lipinski definition) is 5. The van der Waals surface area contributed by atoms with Gasteiger partial charge in [0, 0.05) is 17.2 Å². The van der Waals surface area contributed by atoms with Crippen LogP contribution in [0.15, 0.2) is 77.7 Å². The molecule has 29 heavy (non-hydrogen) atoms. The van der Waals surface area contributed by atoms with Gasteiger partial charge in [-0.1, -0.05) is 30.3 Å². The number of sulfonamides is 1. The van der Waals surface area contributed by atoms with Crippen LogP contribution in [0.5, 0.6) is 0 Å². The van der Waals surface area contributed by atoms with E-state index < -0.39 is 20.9 Å². The van der Waals surface area contributed by atoms with Crippen molar-refractivity contribution >= 4 is 33.0 Å². The van der Waals surface area contributed by atoms with E-state index in [9.17, 15) is 23.3 Å². The molecule has 0 heterocycles. The number of carbonyl (C=O) groups excluding carboxylic acids is 1. The van der Waals surface area contributed by atoms with Crippen LogP contribution in [0.2, 0.25) is 0 Å². The Morgan fingerprint density at radius 2 is 1.55 bits per heavy atom. The lowest BCUT2D eigenvalue weighted by molar-refractivity contribution is -0.385. The van der Waals surface area contributed by atoms with Gasteiger partial charge >= 0.3 is 0 Å². The Morgan fingerprint density at radius 3 is 2.17 bits per heavy atom. The molecule has 0 aliphatic carbocycles. The summed E-state index contributed by atoms with van der Waals surface area (Å²) < 4.78 is 27.6. The van der Waals surface area contributed by atoms with Gasteiger partial charge in [0.1, 0.15) is 0 Å². The monoisotopic (exact) mass is 411 g/mol. The van der Waals surface area contributed by atoms with E-state index in [0.29, 0.717) is 5.56 Å². The number of nitro benzene ring substituents is 1. The molecule has 0 saturated carbocycles. The Morgan fingerprint density at radius 1 is 0.931 bits per heavy atom. The third-order valence-electron chi connectivity index (χ3n) is 4.13. The summed E-state index contributed by atoms with van der Waals surface area (Å²) in [5, 5.41) is 13.6. The van der Waals surface area contributed by atoms with Gasteiger partial charge in [0.15, 0.2) is 0 Å². The van der Waals surface area contributed by atoms with E-state index in [1.54, 1.807) is 36.4 Å². The molecule has 0 unspecified atom stereocenters. The number of anilines is 2. The number of para-hydroxylation sites is 2. The molecule has 0 aromatic heterocycles. The fraction of sp³-hybridized carbons (Fsp3) is 0.0500. The van der Waals surface area contributed by atoms with Gasteiger partial charge < -0.3 is 5.32 Å². The van der Waals surface area contributed by atoms with Gasteiger partial charge in [-0.25, -0.2) is 8.42 Å². The molecule has 0 spiro atoms. The number of rotatable bonds is 6. The Balaban J connectivity index is 1.85. The molecule has 2 N–H and O–H groups in total. The molecule has 3 aromatic rings. The second-order valence-corrected chi connectivity index (χ2v) is 7.86. The van der Waals surface area contributed by atoms with Gasteiger partial charge in [-0.2, -0.15) is 0 Å². The zero-order valence-corrected chi connectivity index (χ0v) is 16.1. The lowest BCUT2D eigenvalue weighted by atomic mass is 10.1. The molecule has 0 aliphatic heterocycles. The van der Waals surface area contributed by atoms with Crippen LogP contribution in [0, 0.1) is 17.0 Å². The van der Waals surface area contributed by atoms with Gasteiger partial charge in [0.2, 0.25) is 0 Å². The lowest BCUT2D eigenvalue weighted by Crippen LogP contribution is -2.17. The third-order valence-corrected chi connectivity index (χ3v) is 5.51. The highest BCUT2D eigenvalue weighted by atomic mass is 32.2. The fourth-order valence-corrected chi connectivity index (χ4v) is 3.78. The summed E-state index contributed by atoms with van der Waals surface area (Å²) in [6, 6.07) is 18.2. The Bertz CT molecular complexity index is 1180. The quantitative estimate of drug-likeness (QED) is 0.470. The molecule has 0 saturated heterocycles. The normalized spacial score (nSPS) is 10.9. The predicted molar refractivity (Wildman–Crippen MR) is 109 cm³/mol. The van der Waals surface area contributed by atoms with E-state index in [1.165, 1.54) is 43.3 Å². The fourth-order valence-electron chi connectivity index (χ4n) is 2.68. The van der Waals surface area contributed by atoms with Crippen molar-refractivity contribution in [2.24, 2.45) is 0 Å². The first kappa shape index (κ1) is 20.0. The minimum Gasteiger partial charge on any atom is -0.320 e. The van der Waals surface area contributed by atoms with Crippen molar-refractivity contribution in [2.45, 2.75) is 11.8 Å². The van der Waals surface area contributed by atoms with Gasteiger partial charge in [-0.05, 0) is 43.3 Å². The molecule has 3 rings (SSSR count). The van der Waals surface area contributed by atoms with Crippen molar-refractivity contribution < 1.29 is 18.1 Å². The number of carbonyl (C=O) groups is 1. The first-order valence-electron chi connectivity index (χ1n) is 8.51. The van der Waals surface area contributed by atoms with Crippen molar-refractivity contribution in [3.05, 3.63) is 94.0 Å². The lowest BCUT2D eigenvalue weighted by Gasteiger charge is -2.14. The number of nitro groups is 1. The number of hydrogen-bond donors (Lipinski definition) is 2. The Kier molecular flexibility index (Phi) is 5.60. The van der Waals surface area contributed by atoms with Crippen LogP contribution in [-0.2, 0) is 10.0 Å². The maximum atomic E-state index is 12.6. The Hall–Kier alpha value is -3.72. The van der Waals surface area contributed by atoms with Crippen molar-refractivity contribution in [2.75, 3.05) is 10.0 Å². The van der Waals surface area contributed by atoms with E-state index in [-0.39, 0.29) is 27.5 Å². The van der Waals surface area contributed by atoms with E-state index in [1.807, 2.05) is 0 Å². The van der Waals surface area contributed by atoms with Crippen molar-refractivity contribution in [1.29, 1.82) is 0 Å². The highest BCUT2D eigenvalue weighted by molar-refractivity contribution is 7.92. The first-order chi connectivity index (χ1) is 13.8. The summed E-state index contributed by atoms with van der Waals surface area (Å²) in [7, 11) is -3.83. The van der Waals surface area contributed by atoms with Gasteiger partial charge in [0.05, 0.1) is 21.2 Å². The molecular formula is C20H17N3O5S. The first-order valence-corrected chi connectivity index (χ1v) is 9.99. The zero-order valence-electron chi connectivity index (χ0n) is 15.3. The molecule has 0 aliphatic rings. The van der Waals surface area contributed by atoms with Gasteiger partial charge in [-0.3, -0.25) is 19.6 Å². The number of benzene rings is 3. The molecule has 8 nitrogen and oxygen atoms in total. The molecule has 9 heteroatoms. The van der Waals surface area contributed by atoms with E-state index >= 15 is 0 Å². The van der Waals surface area contributed by atoms with Gasteiger partial charge in [-0.15, -0.1) is 0 Å². The zero-order chi connectivity index (χ0) is 21.0. The molecule has 0 radical (unpaired) electrons. The largest absolute Gasteiger partial charge is 0.320 e. The summed E-state index contributed by atoms with van der Waals surface area (Å²) >= 11 is 0. The number of nitrogens with one attached hydrogen (secondary N) is 2. The number of nitrogens with zero attached hydrogens (tertiary/aromatic N) is 1. The average molecular weight is 411 g/mol. The summed E-state index contributed by atoms with van der Waals surface area (Å²) in [6.07, 6.45) is 0. The minimum atomic E-state index is -3.83. The van der Waals surface area contributed by atoms with E-state index in [4.69, 9.17) is 0 Å². The summed E-state index contributed by atoms with van der Waals surface area (Å²) in [5.74, 6) is -0.519. The van der Waals surface area contributed by atoms with Gasteiger partial charge in [0.25, 0.3) is 21.6 Å². The van der Waals surface area contributed by atoms with Crippen molar-refractivity contribution in [1.82, 2.24) is 0 Å². The molecule has 148 valence electrons. The van der Waals surface area contributed by atoms with Crippen LogP contribution in [0.1, 0.15) is 15.9 Å². The minimum absolute atomic E-state index is 0.0856. The molecule has 1 amide bonds. The Labute approximate surface area is 167 Å². The summed E-state index contributed by atoms with van der Waals surface area (Å²) in [6.45, 7) is 1.54. The van der Waals surface area contributed by atoms with Crippen LogP contribution in [0.25, 0.3) is 0 Å². The summed E-state index contributed by atoms with van der Waals surface area (Å²) in [5.41, 5.74) is 0.934. The highest BCUT2D eigenvalue weighted by Gasteiger charge is 2.18. The molecule has 0 fully saturated rings. The average Bonchev–Trinajstić information content (AvgIpc) is 2.69. The van der Waals surface area contributed by atoms with Crippen LogP contribution < -0.4 is 10.0 Å². The standard InChI is InChI=1S/C20H17N3O5S/c1-14-13-15(11-12-19(14)23(25)26)20(24)21-17-9-5-6-10-18(17)22-29(27,28)16-7-3-2-4-8-16/h2-13,22H,1H3,(H,21,24). The summed E-state index contributed by atoms with van der Waals surface area (Å²) in [4.78, 5) is 23.1. The van der Waals surface area contributed by atoms with E-state index in [0.717, 1.165) is 0 Å².